The zero-order valence-corrected chi connectivity index (χ0v) is 12.8. The fourth-order valence-corrected chi connectivity index (χ4v) is 2.01. The lowest BCUT2D eigenvalue weighted by molar-refractivity contribution is 0.0949. The number of carbonyl (C=O) groups is 1. The number of aromatic nitrogens is 2. The lowest BCUT2D eigenvalue weighted by atomic mass is 10.2. The lowest BCUT2D eigenvalue weighted by Crippen LogP contribution is -2.23. The summed E-state index contributed by atoms with van der Waals surface area (Å²) in [6.45, 7) is 2.19. The normalized spacial score (nSPS) is 10.2. The molecule has 0 aliphatic rings. The number of carbonyl (C=O) groups excluding carboxylic acids is 1. The third-order valence-corrected chi connectivity index (χ3v) is 3.37. The smallest absolute Gasteiger partial charge is 0.252 e. The zero-order chi connectivity index (χ0) is 14.5. The van der Waals surface area contributed by atoms with Crippen molar-refractivity contribution in [2.45, 2.75) is 13.5 Å². The van der Waals surface area contributed by atoms with Gasteiger partial charge in [0.25, 0.3) is 5.91 Å². The Morgan fingerprint density at radius 3 is 2.80 bits per heavy atom. The van der Waals surface area contributed by atoms with E-state index in [2.05, 4.69) is 31.2 Å². The van der Waals surface area contributed by atoms with Crippen molar-refractivity contribution in [3.05, 3.63) is 52.0 Å². The molecule has 0 unspecified atom stereocenters. The number of rotatable bonds is 4. The summed E-state index contributed by atoms with van der Waals surface area (Å²) in [6.07, 6.45) is 3.32. The minimum Gasteiger partial charge on any atom is -0.497 e. The maximum atomic E-state index is 12.1. The molecule has 0 saturated carbocycles. The average molecular weight is 336 g/mol. The summed E-state index contributed by atoms with van der Waals surface area (Å²) < 4.78 is 5.83. The number of nitrogens with zero attached hydrogens (tertiary/aromatic N) is 2. The van der Waals surface area contributed by atoms with Crippen molar-refractivity contribution in [1.29, 1.82) is 0 Å². The molecule has 104 valence electrons. The molecule has 1 heterocycles. The van der Waals surface area contributed by atoms with Crippen LogP contribution >= 0.6 is 15.9 Å². The molecule has 1 aromatic carbocycles. The Hall–Kier alpha value is -1.95. The van der Waals surface area contributed by atoms with Gasteiger partial charge in [0.15, 0.2) is 0 Å². The molecule has 0 saturated heterocycles. The molecule has 0 fully saturated rings. The largest absolute Gasteiger partial charge is 0.497 e. The topological polar surface area (TPSA) is 64.1 Å². The third kappa shape index (κ3) is 3.54. The van der Waals surface area contributed by atoms with E-state index in [9.17, 15) is 4.79 Å². The van der Waals surface area contributed by atoms with Crippen molar-refractivity contribution in [2.75, 3.05) is 7.11 Å². The summed E-state index contributed by atoms with van der Waals surface area (Å²) in [5.74, 6) is 0.437. The van der Waals surface area contributed by atoms with Crippen molar-refractivity contribution in [1.82, 2.24) is 15.3 Å². The standard InChI is InChI=1S/C14H14BrN3O2/c1-9-6-17-10(7-16-9)8-18-14(19)12-5-11(20-2)3-4-13(12)15/h3-7H,8H2,1-2H3,(H,18,19). The first-order valence-electron chi connectivity index (χ1n) is 5.99. The molecule has 0 atom stereocenters. The molecular weight excluding hydrogens is 322 g/mol. The average Bonchev–Trinajstić information content (AvgIpc) is 2.47. The van der Waals surface area contributed by atoms with Gasteiger partial charge in [-0.25, -0.2) is 0 Å². The summed E-state index contributed by atoms with van der Waals surface area (Å²) in [4.78, 5) is 20.4. The summed E-state index contributed by atoms with van der Waals surface area (Å²) in [6, 6.07) is 5.24. The molecule has 1 N–H and O–H groups in total. The highest BCUT2D eigenvalue weighted by molar-refractivity contribution is 9.10. The molecule has 0 aliphatic heterocycles. The van der Waals surface area contributed by atoms with Gasteiger partial charge in [-0.15, -0.1) is 0 Å². The second-order valence-electron chi connectivity index (χ2n) is 4.18. The van der Waals surface area contributed by atoms with Gasteiger partial charge in [0.05, 0.1) is 36.8 Å². The monoisotopic (exact) mass is 335 g/mol. The van der Waals surface area contributed by atoms with Gasteiger partial charge in [0, 0.05) is 10.7 Å². The summed E-state index contributed by atoms with van der Waals surface area (Å²) >= 11 is 3.35. The predicted octanol–water partition coefficient (Wildman–Crippen LogP) is 2.49. The predicted molar refractivity (Wildman–Crippen MR) is 78.6 cm³/mol. The minimum absolute atomic E-state index is 0.196. The molecule has 20 heavy (non-hydrogen) atoms. The number of methoxy groups -OCH3 is 1. The SMILES string of the molecule is COc1ccc(Br)c(C(=O)NCc2cnc(C)cn2)c1. The Kier molecular flexibility index (Phi) is 4.68. The van der Waals surface area contributed by atoms with Crippen molar-refractivity contribution >= 4 is 21.8 Å². The number of ether oxygens (including phenoxy) is 1. The van der Waals surface area contributed by atoms with Gasteiger partial charge < -0.3 is 10.1 Å². The minimum atomic E-state index is -0.196. The number of hydrogen-bond donors (Lipinski definition) is 1. The van der Waals surface area contributed by atoms with E-state index in [1.807, 2.05) is 6.92 Å². The number of benzene rings is 1. The maximum Gasteiger partial charge on any atom is 0.252 e. The van der Waals surface area contributed by atoms with E-state index in [0.717, 1.165) is 5.69 Å². The van der Waals surface area contributed by atoms with Gasteiger partial charge in [-0.2, -0.15) is 0 Å². The van der Waals surface area contributed by atoms with Gasteiger partial charge in [0.2, 0.25) is 0 Å². The number of nitrogens with one attached hydrogen (secondary N) is 1. The van der Waals surface area contributed by atoms with Crippen molar-refractivity contribution in [3.8, 4) is 5.75 Å². The number of amides is 1. The fourth-order valence-electron chi connectivity index (χ4n) is 1.58. The van der Waals surface area contributed by atoms with Gasteiger partial charge in [-0.05, 0) is 41.1 Å². The molecule has 1 amide bonds. The first kappa shape index (κ1) is 14.5. The van der Waals surface area contributed by atoms with Crippen LogP contribution in [0.25, 0.3) is 0 Å². The first-order valence-corrected chi connectivity index (χ1v) is 6.78. The molecule has 0 radical (unpaired) electrons. The molecule has 2 rings (SSSR count). The molecule has 0 bridgehead atoms. The Labute approximate surface area is 125 Å². The van der Waals surface area contributed by atoms with Gasteiger partial charge in [-0.3, -0.25) is 14.8 Å². The molecule has 0 aliphatic carbocycles. The van der Waals surface area contributed by atoms with Crippen LogP contribution in [0.1, 0.15) is 21.7 Å². The Balaban J connectivity index is 2.06. The van der Waals surface area contributed by atoms with E-state index in [1.165, 1.54) is 0 Å². The third-order valence-electron chi connectivity index (χ3n) is 2.68. The van der Waals surface area contributed by atoms with Crippen molar-refractivity contribution < 1.29 is 9.53 Å². The van der Waals surface area contributed by atoms with E-state index in [0.29, 0.717) is 28.0 Å². The second kappa shape index (κ2) is 6.47. The number of halogens is 1. The fraction of sp³-hybridized carbons (Fsp3) is 0.214. The summed E-state index contributed by atoms with van der Waals surface area (Å²) in [5.41, 5.74) is 2.07. The molecule has 1 aromatic heterocycles. The van der Waals surface area contributed by atoms with Crippen LogP contribution in [0.5, 0.6) is 5.75 Å². The molecule has 0 spiro atoms. The number of aryl methyl sites for hydroxylation is 1. The second-order valence-corrected chi connectivity index (χ2v) is 5.03. The van der Waals surface area contributed by atoms with Crippen LogP contribution < -0.4 is 10.1 Å². The van der Waals surface area contributed by atoms with Crippen LogP contribution in [0.15, 0.2) is 35.1 Å². The lowest BCUT2D eigenvalue weighted by Gasteiger charge is -2.08. The van der Waals surface area contributed by atoms with E-state index in [1.54, 1.807) is 37.7 Å². The van der Waals surface area contributed by atoms with E-state index >= 15 is 0 Å². The van der Waals surface area contributed by atoms with Crippen LogP contribution in [0.4, 0.5) is 0 Å². The number of hydrogen-bond acceptors (Lipinski definition) is 4. The highest BCUT2D eigenvalue weighted by Crippen LogP contribution is 2.22. The highest BCUT2D eigenvalue weighted by Gasteiger charge is 2.11. The maximum absolute atomic E-state index is 12.1. The zero-order valence-electron chi connectivity index (χ0n) is 11.2. The molecular formula is C14H14BrN3O2. The molecule has 2 aromatic rings. The Morgan fingerprint density at radius 2 is 2.15 bits per heavy atom. The van der Waals surface area contributed by atoms with Crippen LogP contribution in [-0.2, 0) is 6.54 Å². The quantitative estimate of drug-likeness (QED) is 0.932. The summed E-state index contributed by atoms with van der Waals surface area (Å²) in [5, 5.41) is 2.80. The van der Waals surface area contributed by atoms with Crippen molar-refractivity contribution in [2.24, 2.45) is 0 Å². The van der Waals surface area contributed by atoms with E-state index in [-0.39, 0.29) is 5.91 Å². The first-order chi connectivity index (χ1) is 9.60. The van der Waals surface area contributed by atoms with Gasteiger partial charge in [0.1, 0.15) is 5.75 Å². The Bertz CT molecular complexity index is 614. The van der Waals surface area contributed by atoms with Crippen LogP contribution in [-0.4, -0.2) is 23.0 Å². The highest BCUT2D eigenvalue weighted by atomic mass is 79.9. The molecule has 6 heteroatoms. The molecule has 5 nitrogen and oxygen atoms in total. The van der Waals surface area contributed by atoms with Gasteiger partial charge in [-0.1, -0.05) is 0 Å². The van der Waals surface area contributed by atoms with Gasteiger partial charge >= 0.3 is 0 Å². The van der Waals surface area contributed by atoms with E-state index < -0.39 is 0 Å². The van der Waals surface area contributed by atoms with E-state index in [4.69, 9.17) is 4.74 Å². The van der Waals surface area contributed by atoms with Crippen LogP contribution in [0.3, 0.4) is 0 Å². The summed E-state index contributed by atoms with van der Waals surface area (Å²) in [7, 11) is 1.56. The van der Waals surface area contributed by atoms with Crippen LogP contribution in [0, 0.1) is 6.92 Å². The van der Waals surface area contributed by atoms with Crippen molar-refractivity contribution in [3.63, 3.8) is 0 Å². The van der Waals surface area contributed by atoms with Crippen LogP contribution in [0.2, 0.25) is 0 Å². The Morgan fingerprint density at radius 1 is 1.35 bits per heavy atom.